The summed E-state index contributed by atoms with van der Waals surface area (Å²) in [7, 11) is 1.59. The highest BCUT2D eigenvalue weighted by Crippen LogP contribution is 2.23. The monoisotopic (exact) mass is 271 g/mol. The van der Waals surface area contributed by atoms with E-state index in [0.29, 0.717) is 23.7 Å². The molecule has 0 aromatic heterocycles. The Morgan fingerprint density at radius 3 is 2.78 bits per heavy atom. The predicted molar refractivity (Wildman–Crippen MR) is 71.2 cm³/mol. The van der Waals surface area contributed by atoms with Gasteiger partial charge < -0.3 is 14.7 Å². The summed E-state index contributed by atoms with van der Waals surface area (Å²) in [5.74, 6) is -0.179. The van der Waals surface area contributed by atoms with Crippen molar-refractivity contribution in [2.45, 2.75) is 19.9 Å². The lowest BCUT2D eigenvalue weighted by Crippen LogP contribution is -2.41. The third kappa shape index (κ3) is 3.37. The number of rotatable bonds is 5. The van der Waals surface area contributed by atoms with Crippen LogP contribution in [0.1, 0.15) is 24.2 Å². The highest BCUT2D eigenvalue weighted by atomic mass is 35.5. The zero-order valence-electron chi connectivity index (χ0n) is 10.8. The molecule has 1 N–H and O–H groups in total. The lowest BCUT2D eigenvalue weighted by molar-refractivity contribution is 0.0579. The molecule has 0 radical (unpaired) electrons. The van der Waals surface area contributed by atoms with Crippen LogP contribution in [0, 0.1) is 0 Å². The summed E-state index contributed by atoms with van der Waals surface area (Å²) < 4.78 is 5.05. The van der Waals surface area contributed by atoms with Crippen molar-refractivity contribution in [3.8, 4) is 5.75 Å². The molecule has 0 fully saturated rings. The quantitative estimate of drug-likeness (QED) is 0.895. The number of likely N-dealkylation sites (N-methyl/N-ethyl adjacent to an activating group) is 1. The van der Waals surface area contributed by atoms with E-state index in [4.69, 9.17) is 16.3 Å². The van der Waals surface area contributed by atoms with Crippen molar-refractivity contribution in [3.05, 3.63) is 28.8 Å². The molecule has 1 aromatic rings. The summed E-state index contributed by atoms with van der Waals surface area (Å²) in [6, 6.07) is 4.30. The second-order valence-corrected chi connectivity index (χ2v) is 4.47. The van der Waals surface area contributed by atoms with Crippen LogP contribution in [-0.2, 0) is 4.74 Å². The van der Waals surface area contributed by atoms with Crippen LogP contribution in [0.4, 0.5) is 0 Å². The maximum Gasteiger partial charge on any atom is 0.255 e. The average Bonchev–Trinajstić information content (AvgIpc) is 2.33. The third-order valence-electron chi connectivity index (χ3n) is 2.72. The molecule has 0 aliphatic heterocycles. The normalized spacial score (nSPS) is 12.2. The van der Waals surface area contributed by atoms with E-state index in [-0.39, 0.29) is 17.7 Å². The molecular weight excluding hydrogens is 254 g/mol. The van der Waals surface area contributed by atoms with Gasteiger partial charge in [-0.3, -0.25) is 4.79 Å². The van der Waals surface area contributed by atoms with Gasteiger partial charge in [-0.1, -0.05) is 11.6 Å². The van der Waals surface area contributed by atoms with Gasteiger partial charge in [0.1, 0.15) is 5.75 Å². The van der Waals surface area contributed by atoms with Crippen molar-refractivity contribution in [2.24, 2.45) is 0 Å². The van der Waals surface area contributed by atoms with Gasteiger partial charge in [-0.05, 0) is 32.0 Å². The second-order valence-electron chi connectivity index (χ2n) is 4.06. The molecule has 0 saturated carbocycles. The van der Waals surface area contributed by atoms with Crippen LogP contribution in [0.2, 0.25) is 5.02 Å². The van der Waals surface area contributed by atoms with E-state index in [2.05, 4.69) is 0 Å². The van der Waals surface area contributed by atoms with Gasteiger partial charge in [0.15, 0.2) is 0 Å². The fourth-order valence-electron chi connectivity index (χ4n) is 1.82. The van der Waals surface area contributed by atoms with Gasteiger partial charge in [0.2, 0.25) is 0 Å². The highest BCUT2D eigenvalue weighted by molar-refractivity contribution is 6.33. The molecule has 1 atom stereocenters. The van der Waals surface area contributed by atoms with Crippen molar-refractivity contribution in [1.82, 2.24) is 4.90 Å². The first kappa shape index (κ1) is 14.8. The Hall–Kier alpha value is -1.26. The summed E-state index contributed by atoms with van der Waals surface area (Å²) in [4.78, 5) is 14.0. The van der Waals surface area contributed by atoms with Gasteiger partial charge >= 0.3 is 0 Å². The summed E-state index contributed by atoms with van der Waals surface area (Å²) in [6.45, 7) is 4.80. The summed E-state index contributed by atoms with van der Waals surface area (Å²) in [6.07, 6.45) is 0. The van der Waals surface area contributed by atoms with Crippen LogP contribution in [0.25, 0.3) is 0 Å². The van der Waals surface area contributed by atoms with Gasteiger partial charge in [-0.2, -0.15) is 0 Å². The van der Waals surface area contributed by atoms with Crippen LogP contribution in [-0.4, -0.2) is 42.2 Å². The molecule has 4 nitrogen and oxygen atoms in total. The van der Waals surface area contributed by atoms with E-state index >= 15 is 0 Å². The molecule has 100 valence electrons. The molecule has 1 aromatic carbocycles. The van der Waals surface area contributed by atoms with Crippen LogP contribution in [0.15, 0.2) is 18.2 Å². The number of nitrogens with zero attached hydrogens (tertiary/aromatic N) is 1. The molecular formula is C13H18ClNO3. The summed E-state index contributed by atoms with van der Waals surface area (Å²) >= 11 is 5.98. The molecule has 0 saturated heterocycles. The topological polar surface area (TPSA) is 49.8 Å². The first-order valence-corrected chi connectivity index (χ1v) is 6.17. The lowest BCUT2D eigenvalue weighted by atomic mass is 10.1. The maximum absolute atomic E-state index is 12.3. The molecule has 1 amide bonds. The van der Waals surface area contributed by atoms with E-state index in [1.54, 1.807) is 12.0 Å². The van der Waals surface area contributed by atoms with Crippen molar-refractivity contribution in [1.29, 1.82) is 0 Å². The number of carbonyl (C=O) groups is 1. The van der Waals surface area contributed by atoms with Gasteiger partial charge in [0.05, 0.1) is 23.2 Å². The highest BCUT2D eigenvalue weighted by Gasteiger charge is 2.22. The zero-order valence-corrected chi connectivity index (χ0v) is 11.6. The third-order valence-corrected chi connectivity index (χ3v) is 3.05. The van der Waals surface area contributed by atoms with Crippen molar-refractivity contribution >= 4 is 17.5 Å². The summed E-state index contributed by atoms with van der Waals surface area (Å²) in [5, 5.41) is 9.76. The van der Waals surface area contributed by atoms with Gasteiger partial charge in [-0.25, -0.2) is 0 Å². The Morgan fingerprint density at radius 1 is 1.56 bits per heavy atom. The Bertz CT molecular complexity index is 423. The van der Waals surface area contributed by atoms with Gasteiger partial charge in [0, 0.05) is 13.7 Å². The number of hydrogen-bond acceptors (Lipinski definition) is 3. The van der Waals surface area contributed by atoms with E-state index in [0.717, 1.165) is 0 Å². The molecule has 0 aliphatic carbocycles. The van der Waals surface area contributed by atoms with Crippen LogP contribution in [0.5, 0.6) is 5.75 Å². The lowest BCUT2D eigenvalue weighted by Gasteiger charge is -2.28. The summed E-state index contributed by atoms with van der Waals surface area (Å²) in [5.41, 5.74) is 0.307. The Labute approximate surface area is 112 Å². The van der Waals surface area contributed by atoms with Crippen molar-refractivity contribution in [3.63, 3.8) is 0 Å². The van der Waals surface area contributed by atoms with Crippen LogP contribution < -0.4 is 0 Å². The maximum atomic E-state index is 12.3. The number of ether oxygens (including phenoxy) is 1. The zero-order chi connectivity index (χ0) is 13.7. The van der Waals surface area contributed by atoms with E-state index in [9.17, 15) is 9.90 Å². The molecule has 18 heavy (non-hydrogen) atoms. The van der Waals surface area contributed by atoms with Crippen molar-refractivity contribution < 1.29 is 14.6 Å². The molecule has 1 unspecified atom stereocenters. The first-order valence-electron chi connectivity index (χ1n) is 5.79. The van der Waals surface area contributed by atoms with Gasteiger partial charge in [0.25, 0.3) is 5.91 Å². The first-order chi connectivity index (χ1) is 8.51. The minimum Gasteiger partial charge on any atom is -0.508 e. The van der Waals surface area contributed by atoms with E-state index in [1.165, 1.54) is 18.2 Å². The van der Waals surface area contributed by atoms with E-state index in [1.807, 2.05) is 13.8 Å². The molecule has 1 rings (SSSR count). The number of hydrogen-bond donors (Lipinski definition) is 1. The predicted octanol–water partition coefficient (Wildman–Crippen LogP) is 2.54. The van der Waals surface area contributed by atoms with Crippen LogP contribution in [0.3, 0.4) is 0 Å². The standard InChI is InChI=1S/C13H18ClNO3/c1-4-15(9(2)8-18-3)13(17)11-7-10(16)5-6-12(11)14/h5-7,9,16H,4,8H2,1-3H3. The average molecular weight is 272 g/mol. The largest absolute Gasteiger partial charge is 0.508 e. The Morgan fingerprint density at radius 2 is 2.22 bits per heavy atom. The van der Waals surface area contributed by atoms with Crippen LogP contribution >= 0.6 is 11.6 Å². The van der Waals surface area contributed by atoms with Gasteiger partial charge in [-0.15, -0.1) is 0 Å². The SMILES string of the molecule is CCN(C(=O)c1cc(O)ccc1Cl)C(C)COC. The molecule has 0 heterocycles. The Kier molecular flexibility index (Phi) is 5.44. The molecule has 0 bridgehead atoms. The minimum atomic E-state index is -0.206. The van der Waals surface area contributed by atoms with E-state index < -0.39 is 0 Å². The number of amides is 1. The number of phenolic OH excluding ortho intramolecular Hbond substituents is 1. The second kappa shape index (κ2) is 6.61. The number of phenols is 1. The molecule has 5 heteroatoms. The number of halogens is 1. The molecule has 0 spiro atoms. The fourth-order valence-corrected chi connectivity index (χ4v) is 2.02. The fraction of sp³-hybridized carbons (Fsp3) is 0.462. The smallest absolute Gasteiger partial charge is 0.255 e. The minimum absolute atomic E-state index is 0.0261. The molecule has 0 aliphatic rings. The van der Waals surface area contributed by atoms with Crippen molar-refractivity contribution in [2.75, 3.05) is 20.3 Å². The number of methoxy groups -OCH3 is 1. The number of aromatic hydroxyl groups is 1. The number of carbonyl (C=O) groups excluding carboxylic acids is 1. The Balaban J connectivity index is 2.99. The number of benzene rings is 1.